The van der Waals surface area contributed by atoms with E-state index in [2.05, 4.69) is 20.8 Å². The summed E-state index contributed by atoms with van der Waals surface area (Å²) >= 11 is 0. The van der Waals surface area contributed by atoms with Gasteiger partial charge in [0.1, 0.15) is 11.7 Å². The quantitative estimate of drug-likeness (QED) is 0.818. The molecular weight excluding hydrogens is 314 g/mol. The van der Waals surface area contributed by atoms with Crippen LogP contribution in [-0.4, -0.2) is 45.0 Å². The Hall–Kier alpha value is -3.10. The highest BCUT2D eigenvalue weighted by atomic mass is 16.5. The summed E-state index contributed by atoms with van der Waals surface area (Å²) in [6.07, 6.45) is 2.37. The Morgan fingerprint density at radius 3 is 3.00 bits per heavy atom. The fourth-order valence-electron chi connectivity index (χ4n) is 2.49. The molecule has 24 heavy (non-hydrogen) atoms. The molecule has 2 heterocycles. The summed E-state index contributed by atoms with van der Waals surface area (Å²) in [6.45, 7) is 2.51. The van der Waals surface area contributed by atoms with Gasteiger partial charge in [-0.25, -0.2) is 4.79 Å². The lowest BCUT2D eigenvalue weighted by atomic mass is 10.0. The van der Waals surface area contributed by atoms with Gasteiger partial charge in [0.2, 0.25) is 5.95 Å². The van der Waals surface area contributed by atoms with E-state index in [4.69, 9.17) is 9.47 Å². The number of methoxy groups -OCH3 is 1. The van der Waals surface area contributed by atoms with Crippen molar-refractivity contribution >= 4 is 11.9 Å². The summed E-state index contributed by atoms with van der Waals surface area (Å²) in [5.74, 6) is 0.285. The Kier molecular flexibility index (Phi) is 4.32. The van der Waals surface area contributed by atoms with Crippen LogP contribution in [0.1, 0.15) is 24.9 Å². The number of rotatable bonds is 6. The van der Waals surface area contributed by atoms with Crippen LogP contribution < -0.4 is 14.8 Å². The van der Waals surface area contributed by atoms with Gasteiger partial charge in [-0.15, -0.1) is 0 Å². The van der Waals surface area contributed by atoms with Crippen molar-refractivity contribution in [3.05, 3.63) is 35.5 Å². The number of ether oxygens (including phenoxy) is 2. The van der Waals surface area contributed by atoms with Crippen molar-refractivity contribution < 1.29 is 19.4 Å². The Bertz CT molecular complexity index is 786. The number of nitrogens with one attached hydrogen (secondary N) is 1. The molecule has 1 aliphatic rings. The van der Waals surface area contributed by atoms with E-state index < -0.39 is 12.0 Å². The van der Waals surface area contributed by atoms with E-state index >= 15 is 0 Å². The van der Waals surface area contributed by atoms with E-state index in [9.17, 15) is 9.90 Å². The monoisotopic (exact) mass is 331 g/mol. The SMILES string of the molecule is CCCOc1c(OC)cccc1[C@H]1C=C(C(=O)O)Nc2nnnn21. The highest BCUT2D eigenvalue weighted by Gasteiger charge is 2.29. The number of aliphatic carboxylic acids is 1. The maximum Gasteiger partial charge on any atom is 0.352 e. The van der Waals surface area contributed by atoms with Gasteiger partial charge in [-0.05, 0) is 29.0 Å². The molecule has 126 valence electrons. The average molecular weight is 331 g/mol. The number of carboxylic acid groups (broad SMARTS) is 1. The van der Waals surface area contributed by atoms with E-state index in [1.54, 1.807) is 19.3 Å². The molecule has 0 radical (unpaired) electrons. The molecule has 3 rings (SSSR count). The number of hydrogen-bond donors (Lipinski definition) is 2. The van der Waals surface area contributed by atoms with Crippen molar-refractivity contribution in [2.75, 3.05) is 19.0 Å². The molecule has 0 saturated carbocycles. The highest BCUT2D eigenvalue weighted by Crippen LogP contribution is 2.39. The molecule has 2 aromatic rings. The number of benzene rings is 1. The van der Waals surface area contributed by atoms with E-state index in [1.165, 1.54) is 4.68 Å². The molecule has 1 aromatic heterocycles. The summed E-state index contributed by atoms with van der Waals surface area (Å²) in [6, 6.07) is 4.92. The molecule has 0 saturated heterocycles. The molecule has 0 bridgehead atoms. The number of carbonyl (C=O) groups is 1. The first-order valence-electron chi connectivity index (χ1n) is 7.45. The molecule has 9 heteroatoms. The molecule has 0 amide bonds. The molecule has 1 aliphatic heterocycles. The van der Waals surface area contributed by atoms with Gasteiger partial charge >= 0.3 is 5.97 Å². The zero-order valence-electron chi connectivity index (χ0n) is 13.3. The van der Waals surface area contributed by atoms with Crippen molar-refractivity contribution in [2.24, 2.45) is 0 Å². The standard InChI is InChI=1S/C15H17N5O4/c1-3-7-24-13-9(5-4-6-12(13)23-2)11-8-10(14(21)22)16-15-17-18-19-20(11)15/h4-6,8,11H,3,7H2,1-2H3,(H,21,22)(H,16,17,19)/t11-/m1/s1. The van der Waals surface area contributed by atoms with Crippen molar-refractivity contribution in [2.45, 2.75) is 19.4 Å². The Morgan fingerprint density at radius 2 is 2.29 bits per heavy atom. The van der Waals surface area contributed by atoms with Gasteiger partial charge in [0.25, 0.3) is 0 Å². The first-order chi connectivity index (χ1) is 11.7. The summed E-state index contributed by atoms with van der Waals surface area (Å²) in [5, 5.41) is 23.4. The van der Waals surface area contributed by atoms with Crippen LogP contribution in [0.2, 0.25) is 0 Å². The van der Waals surface area contributed by atoms with Crippen LogP contribution in [0.25, 0.3) is 0 Å². The average Bonchev–Trinajstić information content (AvgIpc) is 3.07. The van der Waals surface area contributed by atoms with Crippen LogP contribution in [0, 0.1) is 0 Å². The van der Waals surface area contributed by atoms with Gasteiger partial charge < -0.3 is 19.9 Å². The molecule has 9 nitrogen and oxygen atoms in total. The minimum absolute atomic E-state index is 0.00608. The third-order valence-corrected chi connectivity index (χ3v) is 3.56. The topological polar surface area (TPSA) is 111 Å². The zero-order chi connectivity index (χ0) is 17.1. The number of carboxylic acids is 1. The van der Waals surface area contributed by atoms with Crippen LogP contribution >= 0.6 is 0 Å². The third kappa shape index (κ3) is 2.75. The fraction of sp³-hybridized carbons (Fsp3) is 0.333. The van der Waals surface area contributed by atoms with E-state index in [0.29, 0.717) is 18.1 Å². The second-order valence-corrected chi connectivity index (χ2v) is 5.13. The molecule has 0 unspecified atom stereocenters. The maximum atomic E-state index is 11.4. The molecule has 1 aromatic carbocycles. The van der Waals surface area contributed by atoms with Gasteiger partial charge in [-0.2, -0.15) is 4.68 Å². The van der Waals surface area contributed by atoms with Crippen LogP contribution in [0.15, 0.2) is 30.0 Å². The fourth-order valence-corrected chi connectivity index (χ4v) is 2.49. The van der Waals surface area contributed by atoms with Crippen LogP contribution in [0.3, 0.4) is 0 Å². The molecule has 2 N–H and O–H groups in total. The number of allylic oxidation sites excluding steroid dienone is 1. The van der Waals surface area contributed by atoms with Crippen molar-refractivity contribution in [1.82, 2.24) is 20.2 Å². The van der Waals surface area contributed by atoms with E-state index in [0.717, 1.165) is 12.0 Å². The van der Waals surface area contributed by atoms with Crippen molar-refractivity contribution in [1.29, 1.82) is 0 Å². The van der Waals surface area contributed by atoms with Crippen LogP contribution in [0.5, 0.6) is 11.5 Å². The Morgan fingerprint density at radius 1 is 1.46 bits per heavy atom. The predicted octanol–water partition coefficient (Wildman–Crippen LogP) is 1.45. The first-order valence-corrected chi connectivity index (χ1v) is 7.45. The largest absolute Gasteiger partial charge is 0.493 e. The van der Waals surface area contributed by atoms with E-state index in [-0.39, 0.29) is 11.6 Å². The lowest BCUT2D eigenvalue weighted by molar-refractivity contribution is -0.132. The van der Waals surface area contributed by atoms with Gasteiger partial charge in [0.15, 0.2) is 11.5 Å². The summed E-state index contributed by atoms with van der Waals surface area (Å²) < 4.78 is 12.7. The predicted molar refractivity (Wildman–Crippen MR) is 84.1 cm³/mol. The first kappa shape index (κ1) is 15.8. The lowest BCUT2D eigenvalue weighted by Gasteiger charge is -2.24. The summed E-state index contributed by atoms with van der Waals surface area (Å²) in [7, 11) is 1.56. The number of hydrogen-bond acceptors (Lipinski definition) is 7. The summed E-state index contributed by atoms with van der Waals surface area (Å²) in [5.41, 5.74) is 0.725. The van der Waals surface area contributed by atoms with Crippen LogP contribution in [0.4, 0.5) is 5.95 Å². The maximum absolute atomic E-state index is 11.4. The smallest absolute Gasteiger partial charge is 0.352 e. The number of fused-ring (bicyclic) bond motifs is 1. The minimum Gasteiger partial charge on any atom is -0.493 e. The van der Waals surface area contributed by atoms with Gasteiger partial charge in [-0.1, -0.05) is 24.2 Å². The molecular formula is C15H17N5O4. The van der Waals surface area contributed by atoms with Crippen molar-refractivity contribution in [3.8, 4) is 11.5 Å². The van der Waals surface area contributed by atoms with Gasteiger partial charge in [0.05, 0.1) is 13.7 Å². The Balaban J connectivity index is 2.12. The van der Waals surface area contributed by atoms with Crippen molar-refractivity contribution in [3.63, 3.8) is 0 Å². The number of anilines is 1. The minimum atomic E-state index is -1.09. The number of para-hydroxylation sites is 1. The normalized spacial score (nSPS) is 15.9. The number of tetrazole rings is 1. The molecule has 1 atom stereocenters. The van der Waals surface area contributed by atoms with Gasteiger partial charge in [0, 0.05) is 5.56 Å². The third-order valence-electron chi connectivity index (χ3n) is 3.56. The molecule has 0 spiro atoms. The number of aromatic nitrogens is 4. The summed E-state index contributed by atoms with van der Waals surface area (Å²) in [4.78, 5) is 11.4. The Labute approximate surface area is 137 Å². The second kappa shape index (κ2) is 6.57. The van der Waals surface area contributed by atoms with Crippen LogP contribution in [-0.2, 0) is 4.79 Å². The number of nitrogens with zero attached hydrogens (tertiary/aromatic N) is 4. The molecule has 0 aliphatic carbocycles. The lowest BCUT2D eigenvalue weighted by Crippen LogP contribution is -2.24. The van der Waals surface area contributed by atoms with E-state index in [1.807, 2.05) is 19.1 Å². The molecule has 0 fully saturated rings. The highest BCUT2D eigenvalue weighted by molar-refractivity contribution is 5.90. The van der Waals surface area contributed by atoms with Gasteiger partial charge in [-0.3, -0.25) is 0 Å². The zero-order valence-corrected chi connectivity index (χ0v) is 13.3. The second-order valence-electron chi connectivity index (χ2n) is 5.13.